The maximum absolute atomic E-state index is 9.43. The van der Waals surface area contributed by atoms with Gasteiger partial charge in [0.25, 0.3) is 0 Å². The molecule has 0 fully saturated rings. The predicted molar refractivity (Wildman–Crippen MR) is 64.1 cm³/mol. The lowest BCUT2D eigenvalue weighted by Crippen LogP contribution is -2.07. The van der Waals surface area contributed by atoms with Crippen molar-refractivity contribution in [3.63, 3.8) is 0 Å². The van der Waals surface area contributed by atoms with Crippen LogP contribution in [0.3, 0.4) is 0 Å². The van der Waals surface area contributed by atoms with Crippen LogP contribution < -0.4 is 0 Å². The third-order valence-electron chi connectivity index (χ3n) is 2.25. The molecule has 2 nitrogen and oxygen atoms in total. The van der Waals surface area contributed by atoms with Gasteiger partial charge in [-0.05, 0) is 31.0 Å². The Kier molecular flexibility index (Phi) is 5.15. The van der Waals surface area contributed by atoms with E-state index in [1.54, 1.807) is 18.7 Å². The van der Waals surface area contributed by atoms with Gasteiger partial charge in [-0.1, -0.05) is 19.1 Å². The zero-order chi connectivity index (χ0) is 11.3. The molecule has 0 amide bonds. The number of benzene rings is 1. The predicted octanol–water partition coefficient (Wildman–Crippen LogP) is 2.60. The molecule has 0 saturated heterocycles. The molecule has 1 aromatic carbocycles. The Hall–Kier alpha value is -0.510. The van der Waals surface area contributed by atoms with E-state index in [9.17, 15) is 10.2 Å². The van der Waals surface area contributed by atoms with E-state index in [4.69, 9.17) is 0 Å². The molecule has 2 atom stereocenters. The van der Waals surface area contributed by atoms with E-state index in [0.717, 1.165) is 16.9 Å². The summed E-state index contributed by atoms with van der Waals surface area (Å²) in [7, 11) is 0. The van der Waals surface area contributed by atoms with Gasteiger partial charge < -0.3 is 10.2 Å². The first-order valence-corrected chi connectivity index (χ1v) is 6.21. The van der Waals surface area contributed by atoms with E-state index in [-0.39, 0.29) is 6.10 Å². The fourth-order valence-corrected chi connectivity index (χ4v) is 2.19. The molecular weight excluding hydrogens is 208 g/mol. The van der Waals surface area contributed by atoms with Gasteiger partial charge in [-0.2, -0.15) is 0 Å². The minimum Gasteiger partial charge on any atom is -0.392 e. The van der Waals surface area contributed by atoms with Gasteiger partial charge in [0.1, 0.15) is 0 Å². The molecular formula is C12H18O2S. The summed E-state index contributed by atoms with van der Waals surface area (Å²) in [6.07, 6.45) is 0.107. The highest BCUT2D eigenvalue weighted by Crippen LogP contribution is 2.23. The molecule has 0 bridgehead atoms. The van der Waals surface area contributed by atoms with Crippen LogP contribution in [0.1, 0.15) is 31.9 Å². The number of hydrogen-bond acceptors (Lipinski definition) is 3. The topological polar surface area (TPSA) is 40.5 Å². The average Bonchev–Trinajstić information content (AvgIpc) is 2.26. The molecule has 0 radical (unpaired) electrons. The van der Waals surface area contributed by atoms with E-state index in [1.165, 1.54) is 0 Å². The van der Waals surface area contributed by atoms with Gasteiger partial charge in [0.15, 0.2) is 0 Å². The van der Waals surface area contributed by atoms with Crippen LogP contribution >= 0.6 is 11.8 Å². The Morgan fingerprint density at radius 3 is 2.67 bits per heavy atom. The second kappa shape index (κ2) is 6.16. The summed E-state index contributed by atoms with van der Waals surface area (Å²) < 4.78 is 0. The van der Waals surface area contributed by atoms with Crippen molar-refractivity contribution in [1.82, 2.24) is 0 Å². The summed E-state index contributed by atoms with van der Waals surface area (Å²) in [6, 6.07) is 7.81. The fourth-order valence-electron chi connectivity index (χ4n) is 1.17. The molecule has 0 aliphatic heterocycles. The number of aliphatic hydroxyl groups is 2. The van der Waals surface area contributed by atoms with Gasteiger partial charge in [-0.3, -0.25) is 0 Å². The second-order valence-corrected chi connectivity index (χ2v) is 4.71. The van der Waals surface area contributed by atoms with Crippen molar-refractivity contribution in [2.45, 2.75) is 37.4 Å². The summed E-state index contributed by atoms with van der Waals surface area (Å²) in [5, 5.41) is 18.8. The minimum atomic E-state index is -0.429. The first kappa shape index (κ1) is 12.6. The highest BCUT2D eigenvalue weighted by Gasteiger charge is 2.04. The van der Waals surface area contributed by atoms with Crippen LogP contribution in [0.5, 0.6) is 0 Å². The van der Waals surface area contributed by atoms with Crippen molar-refractivity contribution in [1.29, 1.82) is 0 Å². The first-order chi connectivity index (χ1) is 7.13. The van der Waals surface area contributed by atoms with Crippen molar-refractivity contribution in [3.05, 3.63) is 29.8 Å². The average molecular weight is 226 g/mol. The van der Waals surface area contributed by atoms with Gasteiger partial charge in [0.05, 0.1) is 12.2 Å². The summed E-state index contributed by atoms with van der Waals surface area (Å²) >= 11 is 1.62. The number of hydrogen-bond donors (Lipinski definition) is 2. The van der Waals surface area contributed by atoms with Crippen LogP contribution in [0.25, 0.3) is 0 Å². The summed E-state index contributed by atoms with van der Waals surface area (Å²) in [4.78, 5) is 1.10. The molecule has 2 unspecified atom stereocenters. The first-order valence-electron chi connectivity index (χ1n) is 5.22. The number of aliphatic hydroxyl groups excluding tert-OH is 2. The quantitative estimate of drug-likeness (QED) is 0.758. The maximum Gasteiger partial charge on any atom is 0.0762 e. The van der Waals surface area contributed by atoms with E-state index >= 15 is 0 Å². The Morgan fingerprint density at radius 1 is 1.33 bits per heavy atom. The molecule has 0 aliphatic carbocycles. The Labute approximate surface area is 95.3 Å². The van der Waals surface area contributed by atoms with Crippen LogP contribution in [0.15, 0.2) is 29.2 Å². The van der Waals surface area contributed by atoms with E-state index in [2.05, 4.69) is 0 Å². The lowest BCUT2D eigenvalue weighted by Gasteiger charge is -2.09. The number of thioether (sulfide) groups is 1. The van der Waals surface area contributed by atoms with E-state index in [1.807, 2.05) is 31.2 Å². The molecule has 2 N–H and O–H groups in total. The highest BCUT2D eigenvalue weighted by molar-refractivity contribution is 7.99. The third-order valence-corrected chi connectivity index (χ3v) is 3.39. The normalized spacial score (nSPS) is 14.9. The van der Waals surface area contributed by atoms with Crippen LogP contribution in [0.4, 0.5) is 0 Å². The molecule has 0 aromatic heterocycles. The van der Waals surface area contributed by atoms with Crippen molar-refractivity contribution in [2.75, 3.05) is 5.75 Å². The van der Waals surface area contributed by atoms with Crippen LogP contribution in [0.2, 0.25) is 0 Å². The van der Waals surface area contributed by atoms with E-state index in [0.29, 0.717) is 5.75 Å². The van der Waals surface area contributed by atoms with Gasteiger partial charge in [-0.25, -0.2) is 0 Å². The van der Waals surface area contributed by atoms with Crippen LogP contribution in [-0.2, 0) is 0 Å². The maximum atomic E-state index is 9.43. The Bertz CT molecular complexity index is 299. The molecule has 84 valence electrons. The molecule has 0 aliphatic rings. The smallest absolute Gasteiger partial charge is 0.0762 e. The molecule has 1 aromatic rings. The van der Waals surface area contributed by atoms with Crippen molar-refractivity contribution >= 4 is 11.8 Å². The van der Waals surface area contributed by atoms with Crippen molar-refractivity contribution < 1.29 is 10.2 Å². The van der Waals surface area contributed by atoms with Crippen molar-refractivity contribution in [2.24, 2.45) is 0 Å². The molecule has 1 rings (SSSR count). The summed E-state index contributed by atoms with van der Waals surface area (Å²) in [6.45, 7) is 3.72. The van der Waals surface area contributed by atoms with Crippen LogP contribution in [-0.4, -0.2) is 22.1 Å². The highest BCUT2D eigenvalue weighted by atomic mass is 32.2. The lowest BCUT2D eigenvalue weighted by atomic mass is 10.1. The third kappa shape index (κ3) is 4.24. The zero-order valence-electron chi connectivity index (χ0n) is 9.18. The Morgan fingerprint density at radius 2 is 2.07 bits per heavy atom. The monoisotopic (exact) mass is 226 g/mol. The molecule has 0 heterocycles. The SMILES string of the molecule is CCC(O)CSc1cccc(C(C)O)c1. The van der Waals surface area contributed by atoms with Crippen molar-refractivity contribution in [3.8, 4) is 0 Å². The van der Waals surface area contributed by atoms with Gasteiger partial charge in [0, 0.05) is 10.6 Å². The standard InChI is InChI=1S/C12H18O2S/c1-3-11(14)8-15-12-6-4-5-10(7-12)9(2)13/h4-7,9,11,13-14H,3,8H2,1-2H3. The zero-order valence-corrected chi connectivity index (χ0v) is 10.00. The van der Waals surface area contributed by atoms with Gasteiger partial charge in [0.2, 0.25) is 0 Å². The minimum absolute atomic E-state index is 0.245. The van der Waals surface area contributed by atoms with Gasteiger partial charge >= 0.3 is 0 Å². The lowest BCUT2D eigenvalue weighted by molar-refractivity contribution is 0.195. The Balaban J connectivity index is 2.58. The summed E-state index contributed by atoms with van der Waals surface area (Å²) in [5.41, 5.74) is 0.922. The van der Waals surface area contributed by atoms with Gasteiger partial charge in [-0.15, -0.1) is 11.8 Å². The van der Waals surface area contributed by atoms with E-state index < -0.39 is 6.10 Å². The molecule has 15 heavy (non-hydrogen) atoms. The molecule has 0 saturated carbocycles. The molecule has 0 spiro atoms. The fraction of sp³-hybridized carbons (Fsp3) is 0.500. The summed E-state index contributed by atoms with van der Waals surface area (Å²) in [5.74, 6) is 0.708. The second-order valence-electron chi connectivity index (χ2n) is 3.62. The number of rotatable bonds is 5. The van der Waals surface area contributed by atoms with Crippen LogP contribution in [0, 0.1) is 0 Å². The largest absolute Gasteiger partial charge is 0.392 e. The molecule has 3 heteroatoms.